The molecule has 0 saturated heterocycles. The highest BCUT2D eigenvalue weighted by molar-refractivity contribution is 5.83. The maximum Gasteiger partial charge on any atom is 0.244 e. The van der Waals surface area contributed by atoms with Crippen molar-refractivity contribution in [3.05, 3.63) is 59.7 Å². The number of nitrogens with zero attached hydrogens (tertiary/aromatic N) is 2. The lowest BCUT2D eigenvalue weighted by Gasteiger charge is -2.20. The first-order valence-electron chi connectivity index (χ1n) is 8.46. The highest BCUT2D eigenvalue weighted by Gasteiger charge is 2.03. The standard InChI is InChI=1S/C20H25N3O2/c1-4-23(5-2)18-10-6-17(7-11-18)15-21-22-20(24)14-16-8-12-19(25-3)13-9-16/h6-13,15H,4-5,14H2,1-3H3,(H,22,24). The Morgan fingerprint density at radius 1 is 1.08 bits per heavy atom. The van der Waals surface area contributed by atoms with E-state index in [0.29, 0.717) is 0 Å². The van der Waals surface area contributed by atoms with Crippen LogP contribution >= 0.6 is 0 Å². The van der Waals surface area contributed by atoms with Gasteiger partial charge in [0.25, 0.3) is 0 Å². The van der Waals surface area contributed by atoms with Gasteiger partial charge in [0.1, 0.15) is 5.75 Å². The van der Waals surface area contributed by atoms with Crippen LogP contribution in [0.4, 0.5) is 5.69 Å². The quantitative estimate of drug-likeness (QED) is 0.593. The van der Waals surface area contributed by atoms with Crippen molar-refractivity contribution in [2.45, 2.75) is 20.3 Å². The van der Waals surface area contributed by atoms with Gasteiger partial charge in [-0.3, -0.25) is 4.79 Å². The van der Waals surface area contributed by atoms with Crippen molar-refractivity contribution in [1.82, 2.24) is 5.43 Å². The molecule has 0 aliphatic heterocycles. The number of carbonyl (C=O) groups excluding carboxylic acids is 1. The second kappa shape index (κ2) is 9.47. The summed E-state index contributed by atoms with van der Waals surface area (Å²) in [6.07, 6.45) is 1.93. The minimum absolute atomic E-state index is 0.152. The van der Waals surface area contributed by atoms with Gasteiger partial charge in [0.05, 0.1) is 19.7 Å². The molecule has 0 bridgehead atoms. The van der Waals surface area contributed by atoms with Crippen molar-refractivity contribution in [3.8, 4) is 5.75 Å². The fourth-order valence-electron chi connectivity index (χ4n) is 2.51. The molecule has 0 saturated carbocycles. The van der Waals surface area contributed by atoms with E-state index in [2.05, 4.69) is 41.4 Å². The summed E-state index contributed by atoms with van der Waals surface area (Å²) >= 11 is 0. The molecule has 2 rings (SSSR count). The Kier molecular flexibility index (Phi) is 7.01. The summed E-state index contributed by atoms with van der Waals surface area (Å²) in [7, 11) is 1.62. The number of nitrogens with one attached hydrogen (secondary N) is 1. The summed E-state index contributed by atoms with van der Waals surface area (Å²) < 4.78 is 5.10. The molecule has 0 aromatic heterocycles. The Morgan fingerprint density at radius 2 is 1.72 bits per heavy atom. The van der Waals surface area contributed by atoms with Crippen LogP contribution in [0.1, 0.15) is 25.0 Å². The number of hydrogen-bond acceptors (Lipinski definition) is 4. The van der Waals surface area contributed by atoms with E-state index in [1.165, 1.54) is 5.69 Å². The van der Waals surface area contributed by atoms with Gasteiger partial charge in [-0.1, -0.05) is 24.3 Å². The van der Waals surface area contributed by atoms with Crippen LogP contribution in [-0.4, -0.2) is 32.3 Å². The summed E-state index contributed by atoms with van der Waals surface area (Å²) in [6.45, 7) is 6.23. The fourth-order valence-corrected chi connectivity index (χ4v) is 2.51. The summed E-state index contributed by atoms with van der Waals surface area (Å²) in [5.41, 5.74) is 5.60. The van der Waals surface area contributed by atoms with Crippen LogP contribution in [0.5, 0.6) is 5.75 Å². The average Bonchev–Trinajstić information content (AvgIpc) is 2.64. The molecule has 1 amide bonds. The van der Waals surface area contributed by atoms with Gasteiger partial charge in [0.15, 0.2) is 0 Å². The zero-order valence-electron chi connectivity index (χ0n) is 15.0. The first-order valence-corrected chi connectivity index (χ1v) is 8.46. The minimum atomic E-state index is -0.152. The Balaban J connectivity index is 1.86. The van der Waals surface area contributed by atoms with Crippen molar-refractivity contribution in [3.63, 3.8) is 0 Å². The molecule has 0 spiro atoms. The molecule has 132 valence electrons. The van der Waals surface area contributed by atoms with E-state index >= 15 is 0 Å². The second-order valence-corrected chi connectivity index (χ2v) is 5.58. The first kappa shape index (κ1) is 18.5. The SMILES string of the molecule is CCN(CC)c1ccc(C=NNC(=O)Cc2ccc(OC)cc2)cc1. The van der Waals surface area contributed by atoms with Gasteiger partial charge in [0, 0.05) is 18.8 Å². The zero-order valence-corrected chi connectivity index (χ0v) is 15.0. The molecule has 2 aromatic rings. The molecule has 1 N–H and O–H groups in total. The van der Waals surface area contributed by atoms with Crippen molar-refractivity contribution < 1.29 is 9.53 Å². The third-order valence-corrected chi connectivity index (χ3v) is 3.95. The third kappa shape index (κ3) is 5.64. The van der Waals surface area contributed by atoms with Crippen LogP contribution in [0, 0.1) is 0 Å². The molecule has 0 heterocycles. The van der Waals surface area contributed by atoms with Crippen LogP contribution in [0.25, 0.3) is 0 Å². The van der Waals surface area contributed by atoms with Gasteiger partial charge in [-0.15, -0.1) is 0 Å². The minimum Gasteiger partial charge on any atom is -0.497 e. The Morgan fingerprint density at radius 3 is 2.28 bits per heavy atom. The monoisotopic (exact) mass is 339 g/mol. The normalized spacial score (nSPS) is 10.7. The maximum atomic E-state index is 11.9. The lowest BCUT2D eigenvalue weighted by atomic mass is 10.1. The van der Waals surface area contributed by atoms with Gasteiger partial charge in [-0.05, 0) is 49.2 Å². The summed E-state index contributed by atoms with van der Waals surface area (Å²) in [5.74, 6) is 0.622. The Bertz CT molecular complexity index is 690. The second-order valence-electron chi connectivity index (χ2n) is 5.58. The predicted molar refractivity (Wildman–Crippen MR) is 102 cm³/mol. The number of hydrazone groups is 1. The van der Waals surface area contributed by atoms with Crippen LogP contribution in [0.3, 0.4) is 0 Å². The van der Waals surface area contributed by atoms with Crippen molar-refractivity contribution in [2.75, 3.05) is 25.1 Å². The van der Waals surface area contributed by atoms with E-state index in [9.17, 15) is 4.79 Å². The Hall–Kier alpha value is -2.82. The fraction of sp³-hybridized carbons (Fsp3) is 0.300. The maximum absolute atomic E-state index is 11.9. The van der Waals surface area contributed by atoms with E-state index in [1.54, 1.807) is 13.3 Å². The molecule has 0 radical (unpaired) electrons. The van der Waals surface area contributed by atoms with Crippen LogP contribution in [0.15, 0.2) is 53.6 Å². The number of hydrogen-bond donors (Lipinski definition) is 1. The highest BCUT2D eigenvalue weighted by atomic mass is 16.5. The number of rotatable bonds is 8. The van der Waals surface area contributed by atoms with E-state index in [4.69, 9.17) is 4.74 Å². The van der Waals surface area contributed by atoms with Crippen LogP contribution in [0.2, 0.25) is 0 Å². The number of ether oxygens (including phenoxy) is 1. The van der Waals surface area contributed by atoms with Gasteiger partial charge in [-0.25, -0.2) is 5.43 Å². The lowest BCUT2D eigenvalue weighted by Crippen LogP contribution is -2.21. The molecule has 25 heavy (non-hydrogen) atoms. The average molecular weight is 339 g/mol. The smallest absolute Gasteiger partial charge is 0.244 e. The topological polar surface area (TPSA) is 53.9 Å². The van der Waals surface area contributed by atoms with Gasteiger partial charge in [-0.2, -0.15) is 5.10 Å². The molecular formula is C20H25N3O2. The number of methoxy groups -OCH3 is 1. The van der Waals surface area contributed by atoms with E-state index in [-0.39, 0.29) is 12.3 Å². The van der Waals surface area contributed by atoms with Gasteiger partial charge in [0.2, 0.25) is 5.91 Å². The molecule has 0 unspecified atom stereocenters. The van der Waals surface area contributed by atoms with Gasteiger partial charge >= 0.3 is 0 Å². The van der Waals surface area contributed by atoms with Crippen molar-refractivity contribution >= 4 is 17.8 Å². The highest BCUT2D eigenvalue weighted by Crippen LogP contribution is 2.14. The third-order valence-electron chi connectivity index (χ3n) is 3.95. The molecule has 0 fully saturated rings. The predicted octanol–water partition coefficient (Wildman–Crippen LogP) is 3.23. The zero-order chi connectivity index (χ0) is 18.1. The number of anilines is 1. The summed E-state index contributed by atoms with van der Waals surface area (Å²) in [4.78, 5) is 14.2. The van der Waals surface area contributed by atoms with Gasteiger partial charge < -0.3 is 9.64 Å². The Labute approximate surface area is 149 Å². The number of benzene rings is 2. The lowest BCUT2D eigenvalue weighted by molar-refractivity contribution is -0.120. The largest absolute Gasteiger partial charge is 0.497 e. The molecule has 0 aliphatic carbocycles. The van der Waals surface area contributed by atoms with E-state index in [1.807, 2.05) is 36.4 Å². The number of amides is 1. The van der Waals surface area contributed by atoms with Crippen LogP contribution < -0.4 is 15.1 Å². The van der Waals surface area contributed by atoms with Crippen molar-refractivity contribution in [2.24, 2.45) is 5.10 Å². The van der Waals surface area contributed by atoms with E-state index < -0.39 is 0 Å². The van der Waals surface area contributed by atoms with Crippen molar-refractivity contribution in [1.29, 1.82) is 0 Å². The van der Waals surface area contributed by atoms with Crippen LogP contribution in [-0.2, 0) is 11.2 Å². The summed E-state index contributed by atoms with van der Waals surface area (Å²) in [6, 6.07) is 15.5. The molecule has 5 heteroatoms. The first-order chi connectivity index (χ1) is 12.2. The molecule has 2 aromatic carbocycles. The molecular weight excluding hydrogens is 314 g/mol. The molecule has 0 aliphatic rings. The summed E-state index contributed by atoms with van der Waals surface area (Å²) in [5, 5.41) is 4.02. The molecule has 5 nitrogen and oxygen atoms in total. The van der Waals surface area contributed by atoms with E-state index in [0.717, 1.165) is 30.0 Å². The molecule has 0 atom stereocenters. The number of carbonyl (C=O) groups is 1.